The van der Waals surface area contributed by atoms with E-state index in [1.807, 2.05) is 36.9 Å². The summed E-state index contributed by atoms with van der Waals surface area (Å²) in [5.74, 6) is 1.91. The zero-order valence-corrected chi connectivity index (χ0v) is 12.4. The Morgan fingerprint density at radius 1 is 1.50 bits per heavy atom. The van der Waals surface area contributed by atoms with E-state index in [0.29, 0.717) is 6.54 Å². The van der Waals surface area contributed by atoms with Crippen LogP contribution in [0.5, 0.6) is 0 Å². The molecule has 1 amide bonds. The molecule has 0 saturated carbocycles. The second kappa shape index (κ2) is 9.25. The lowest BCUT2D eigenvalue weighted by molar-refractivity contribution is -0.119. The summed E-state index contributed by atoms with van der Waals surface area (Å²) >= 11 is 1.87. The summed E-state index contributed by atoms with van der Waals surface area (Å²) in [5.41, 5.74) is 7.54. The fourth-order valence-electron chi connectivity index (χ4n) is 1.33. The molecular weight excluding hydrogens is 268 g/mol. The molecule has 0 saturated heterocycles. The van der Waals surface area contributed by atoms with Crippen molar-refractivity contribution in [2.24, 2.45) is 11.7 Å². The van der Waals surface area contributed by atoms with Gasteiger partial charge in [-0.15, -0.1) is 12.4 Å². The highest BCUT2D eigenvalue weighted by atomic mass is 35.5. The predicted molar refractivity (Wildman–Crippen MR) is 82.4 cm³/mol. The van der Waals surface area contributed by atoms with Gasteiger partial charge in [-0.2, -0.15) is 11.8 Å². The molecule has 0 spiro atoms. The average molecular weight is 289 g/mol. The molecule has 102 valence electrons. The Balaban J connectivity index is 0.00000289. The zero-order valence-electron chi connectivity index (χ0n) is 10.8. The number of halogens is 1. The van der Waals surface area contributed by atoms with Gasteiger partial charge in [0.1, 0.15) is 0 Å². The quantitative estimate of drug-likeness (QED) is 0.846. The lowest BCUT2D eigenvalue weighted by Crippen LogP contribution is -2.26. The van der Waals surface area contributed by atoms with Crippen molar-refractivity contribution < 1.29 is 4.79 Å². The maximum atomic E-state index is 11.7. The van der Waals surface area contributed by atoms with Gasteiger partial charge >= 0.3 is 0 Å². The van der Waals surface area contributed by atoms with Gasteiger partial charge in [0, 0.05) is 23.9 Å². The standard InChI is InChI=1S/C13H20N2OS.ClH/c1-3-17-9-11-5-4-6-12(7-11)15-13(16)10(2)8-14;/h4-7,10H,3,8-9,14H2,1-2H3,(H,15,16);1H. The summed E-state index contributed by atoms with van der Waals surface area (Å²) in [4.78, 5) is 11.7. The average Bonchev–Trinajstić information content (AvgIpc) is 2.35. The molecule has 0 aliphatic rings. The third kappa shape index (κ3) is 5.76. The first kappa shape index (κ1) is 17.3. The number of benzene rings is 1. The van der Waals surface area contributed by atoms with E-state index in [0.717, 1.165) is 17.2 Å². The van der Waals surface area contributed by atoms with E-state index in [1.165, 1.54) is 5.56 Å². The number of hydrogen-bond acceptors (Lipinski definition) is 3. The molecule has 0 radical (unpaired) electrons. The third-order valence-electron chi connectivity index (χ3n) is 2.47. The van der Waals surface area contributed by atoms with Gasteiger partial charge in [0.2, 0.25) is 5.91 Å². The molecule has 1 unspecified atom stereocenters. The summed E-state index contributed by atoms with van der Waals surface area (Å²) in [5, 5.41) is 2.88. The minimum Gasteiger partial charge on any atom is -0.330 e. The highest BCUT2D eigenvalue weighted by Gasteiger charge is 2.10. The summed E-state index contributed by atoms with van der Waals surface area (Å²) in [7, 11) is 0. The van der Waals surface area contributed by atoms with E-state index in [9.17, 15) is 4.79 Å². The van der Waals surface area contributed by atoms with Crippen LogP contribution >= 0.6 is 24.2 Å². The topological polar surface area (TPSA) is 55.1 Å². The summed E-state index contributed by atoms with van der Waals surface area (Å²) in [6.07, 6.45) is 0. The van der Waals surface area contributed by atoms with E-state index < -0.39 is 0 Å². The lowest BCUT2D eigenvalue weighted by Gasteiger charge is -2.10. The van der Waals surface area contributed by atoms with Crippen molar-refractivity contribution >= 4 is 35.8 Å². The van der Waals surface area contributed by atoms with Crippen molar-refractivity contribution in [2.45, 2.75) is 19.6 Å². The van der Waals surface area contributed by atoms with Crippen LogP contribution in [-0.2, 0) is 10.5 Å². The first-order chi connectivity index (χ1) is 8.17. The Hall–Kier alpha value is -0.710. The molecule has 1 atom stereocenters. The first-order valence-electron chi connectivity index (χ1n) is 5.85. The van der Waals surface area contributed by atoms with E-state index >= 15 is 0 Å². The fraction of sp³-hybridized carbons (Fsp3) is 0.462. The summed E-state index contributed by atoms with van der Waals surface area (Å²) in [6, 6.07) is 7.96. The van der Waals surface area contributed by atoms with Gasteiger partial charge in [-0.3, -0.25) is 4.79 Å². The van der Waals surface area contributed by atoms with E-state index in [4.69, 9.17) is 5.73 Å². The van der Waals surface area contributed by atoms with Gasteiger partial charge in [-0.1, -0.05) is 26.0 Å². The molecular formula is C13H21ClN2OS. The molecule has 3 N–H and O–H groups in total. The van der Waals surface area contributed by atoms with E-state index in [2.05, 4.69) is 18.3 Å². The Morgan fingerprint density at radius 2 is 2.22 bits per heavy atom. The number of rotatable bonds is 6. The molecule has 3 nitrogen and oxygen atoms in total. The van der Waals surface area contributed by atoms with Gasteiger partial charge in [-0.25, -0.2) is 0 Å². The maximum Gasteiger partial charge on any atom is 0.228 e. The van der Waals surface area contributed by atoms with Crippen LogP contribution in [0.3, 0.4) is 0 Å². The van der Waals surface area contributed by atoms with Crippen LogP contribution in [0.15, 0.2) is 24.3 Å². The van der Waals surface area contributed by atoms with Gasteiger partial charge in [0.25, 0.3) is 0 Å². The van der Waals surface area contributed by atoms with Crippen molar-refractivity contribution in [1.82, 2.24) is 0 Å². The van der Waals surface area contributed by atoms with Crippen LogP contribution < -0.4 is 11.1 Å². The fourth-order valence-corrected chi connectivity index (χ4v) is 1.95. The minimum atomic E-state index is -0.149. The Labute approximate surface area is 119 Å². The summed E-state index contributed by atoms with van der Waals surface area (Å²) < 4.78 is 0. The van der Waals surface area contributed by atoms with Crippen LogP contribution in [0, 0.1) is 5.92 Å². The maximum absolute atomic E-state index is 11.7. The number of carbonyl (C=O) groups is 1. The molecule has 1 rings (SSSR count). The third-order valence-corrected chi connectivity index (χ3v) is 3.41. The molecule has 18 heavy (non-hydrogen) atoms. The number of carbonyl (C=O) groups excluding carboxylic acids is 1. The molecule has 0 aliphatic carbocycles. The largest absolute Gasteiger partial charge is 0.330 e. The van der Waals surface area contributed by atoms with Crippen LogP contribution in [0.25, 0.3) is 0 Å². The van der Waals surface area contributed by atoms with Crippen LogP contribution in [0.1, 0.15) is 19.4 Å². The predicted octanol–water partition coefficient (Wildman–Crippen LogP) is 2.89. The van der Waals surface area contributed by atoms with Crippen molar-refractivity contribution in [3.63, 3.8) is 0 Å². The van der Waals surface area contributed by atoms with Gasteiger partial charge in [-0.05, 0) is 23.4 Å². The highest BCUT2D eigenvalue weighted by molar-refractivity contribution is 7.98. The van der Waals surface area contributed by atoms with Gasteiger partial charge in [0.15, 0.2) is 0 Å². The second-order valence-corrected chi connectivity index (χ2v) is 5.24. The molecule has 0 heterocycles. The van der Waals surface area contributed by atoms with Crippen molar-refractivity contribution in [3.8, 4) is 0 Å². The molecule has 0 aliphatic heterocycles. The van der Waals surface area contributed by atoms with Crippen molar-refractivity contribution in [1.29, 1.82) is 0 Å². The SMILES string of the molecule is CCSCc1cccc(NC(=O)C(C)CN)c1.Cl. The van der Waals surface area contributed by atoms with Gasteiger partial charge < -0.3 is 11.1 Å². The smallest absolute Gasteiger partial charge is 0.228 e. The monoisotopic (exact) mass is 288 g/mol. The molecule has 1 aromatic rings. The van der Waals surface area contributed by atoms with E-state index in [1.54, 1.807) is 0 Å². The van der Waals surface area contributed by atoms with Crippen LogP contribution in [-0.4, -0.2) is 18.2 Å². The van der Waals surface area contributed by atoms with Crippen molar-refractivity contribution in [3.05, 3.63) is 29.8 Å². The van der Waals surface area contributed by atoms with Crippen molar-refractivity contribution in [2.75, 3.05) is 17.6 Å². The first-order valence-corrected chi connectivity index (χ1v) is 7.00. The molecule has 1 aromatic carbocycles. The minimum absolute atomic E-state index is 0. The number of thioether (sulfide) groups is 1. The highest BCUT2D eigenvalue weighted by Crippen LogP contribution is 2.16. The Kier molecular flexibility index (Phi) is 8.89. The molecule has 0 fully saturated rings. The second-order valence-electron chi connectivity index (χ2n) is 3.96. The number of anilines is 1. The number of hydrogen-bond donors (Lipinski definition) is 2. The van der Waals surface area contributed by atoms with E-state index in [-0.39, 0.29) is 24.2 Å². The Morgan fingerprint density at radius 3 is 2.83 bits per heavy atom. The molecule has 5 heteroatoms. The summed E-state index contributed by atoms with van der Waals surface area (Å²) in [6.45, 7) is 4.34. The Bertz CT molecular complexity index is 374. The lowest BCUT2D eigenvalue weighted by atomic mass is 10.1. The van der Waals surface area contributed by atoms with Crippen LogP contribution in [0.2, 0.25) is 0 Å². The molecule has 0 bridgehead atoms. The normalized spacial score (nSPS) is 11.5. The number of nitrogens with one attached hydrogen (secondary N) is 1. The zero-order chi connectivity index (χ0) is 12.7. The number of nitrogens with two attached hydrogens (primary N) is 1. The van der Waals surface area contributed by atoms with Crippen LogP contribution in [0.4, 0.5) is 5.69 Å². The molecule has 0 aromatic heterocycles. The van der Waals surface area contributed by atoms with Gasteiger partial charge in [0.05, 0.1) is 0 Å². The number of amides is 1.